The SMILES string of the molecule is COC(=O)C1CCN(C(=O)CO/N=C(\N)CCc2ccccc2)CC1. The highest BCUT2D eigenvalue weighted by atomic mass is 16.6. The molecule has 7 heteroatoms. The lowest BCUT2D eigenvalue weighted by Gasteiger charge is -2.30. The first-order chi connectivity index (χ1) is 12.1. The highest BCUT2D eigenvalue weighted by Gasteiger charge is 2.27. The van der Waals surface area contributed by atoms with Gasteiger partial charge in [0.25, 0.3) is 5.91 Å². The van der Waals surface area contributed by atoms with E-state index >= 15 is 0 Å². The number of hydrogen-bond acceptors (Lipinski definition) is 5. The summed E-state index contributed by atoms with van der Waals surface area (Å²) >= 11 is 0. The van der Waals surface area contributed by atoms with Crippen LogP contribution < -0.4 is 5.73 Å². The van der Waals surface area contributed by atoms with E-state index in [1.165, 1.54) is 12.7 Å². The van der Waals surface area contributed by atoms with E-state index < -0.39 is 0 Å². The summed E-state index contributed by atoms with van der Waals surface area (Å²) in [5, 5.41) is 3.80. The van der Waals surface area contributed by atoms with Gasteiger partial charge in [0, 0.05) is 19.5 Å². The number of benzene rings is 1. The number of rotatable bonds is 7. The van der Waals surface area contributed by atoms with Crippen molar-refractivity contribution in [3.05, 3.63) is 35.9 Å². The maximum Gasteiger partial charge on any atom is 0.308 e. The minimum Gasteiger partial charge on any atom is -0.469 e. The van der Waals surface area contributed by atoms with Gasteiger partial charge in [-0.1, -0.05) is 35.5 Å². The van der Waals surface area contributed by atoms with Crippen molar-refractivity contribution in [3.63, 3.8) is 0 Å². The lowest BCUT2D eigenvalue weighted by Crippen LogP contribution is -2.42. The third-order valence-corrected chi connectivity index (χ3v) is 4.26. The van der Waals surface area contributed by atoms with Gasteiger partial charge < -0.3 is 20.2 Å². The number of piperidine rings is 1. The Balaban J connectivity index is 1.67. The molecule has 0 bridgehead atoms. The Morgan fingerprint density at radius 1 is 1.24 bits per heavy atom. The number of amides is 1. The topological polar surface area (TPSA) is 94.2 Å². The standard InChI is InChI=1S/C18H25N3O4/c1-24-18(23)15-9-11-21(12-10-15)17(22)13-25-20-16(19)8-7-14-5-3-2-4-6-14/h2-6,15H,7-13H2,1H3,(H2,19,20). The number of nitrogens with zero attached hydrogens (tertiary/aromatic N) is 2. The summed E-state index contributed by atoms with van der Waals surface area (Å²) in [7, 11) is 1.38. The molecule has 0 saturated carbocycles. The fraction of sp³-hybridized carbons (Fsp3) is 0.500. The molecule has 7 nitrogen and oxygen atoms in total. The second kappa shape index (κ2) is 9.66. The molecular weight excluding hydrogens is 322 g/mol. The summed E-state index contributed by atoms with van der Waals surface area (Å²) in [6, 6.07) is 9.96. The van der Waals surface area contributed by atoms with Crippen molar-refractivity contribution in [2.45, 2.75) is 25.7 Å². The largest absolute Gasteiger partial charge is 0.469 e. The van der Waals surface area contributed by atoms with E-state index in [2.05, 4.69) is 5.16 Å². The fourth-order valence-corrected chi connectivity index (χ4v) is 2.76. The summed E-state index contributed by atoms with van der Waals surface area (Å²) in [6.07, 6.45) is 2.57. The second-order valence-electron chi connectivity index (χ2n) is 6.02. The number of oxime groups is 1. The Morgan fingerprint density at radius 2 is 1.92 bits per heavy atom. The van der Waals surface area contributed by atoms with E-state index in [0.29, 0.717) is 38.2 Å². The number of nitrogens with two attached hydrogens (primary N) is 1. The molecule has 136 valence electrons. The van der Waals surface area contributed by atoms with E-state index in [-0.39, 0.29) is 24.4 Å². The zero-order valence-electron chi connectivity index (χ0n) is 14.5. The van der Waals surface area contributed by atoms with Gasteiger partial charge >= 0.3 is 5.97 Å². The van der Waals surface area contributed by atoms with E-state index in [1.807, 2.05) is 30.3 Å². The molecule has 1 aliphatic heterocycles. The van der Waals surface area contributed by atoms with Crippen LogP contribution in [0.5, 0.6) is 0 Å². The molecule has 0 atom stereocenters. The minimum atomic E-state index is -0.209. The average molecular weight is 347 g/mol. The Hall–Kier alpha value is -2.57. The first kappa shape index (κ1) is 18.8. The quantitative estimate of drug-likeness (QED) is 0.347. The summed E-state index contributed by atoms with van der Waals surface area (Å²) in [6.45, 7) is 0.902. The van der Waals surface area contributed by atoms with Gasteiger partial charge in [0.2, 0.25) is 0 Å². The summed E-state index contributed by atoms with van der Waals surface area (Å²) in [4.78, 5) is 30.3. The molecule has 0 aromatic heterocycles. The molecule has 1 aliphatic rings. The molecule has 1 amide bonds. The van der Waals surface area contributed by atoms with Crippen LogP contribution in [0.25, 0.3) is 0 Å². The monoisotopic (exact) mass is 347 g/mol. The van der Waals surface area contributed by atoms with Gasteiger partial charge in [0.05, 0.1) is 13.0 Å². The molecule has 2 rings (SSSR count). The number of carbonyl (C=O) groups excluding carboxylic acids is 2. The molecule has 1 aromatic carbocycles. The van der Waals surface area contributed by atoms with E-state index in [0.717, 1.165) is 6.42 Å². The van der Waals surface area contributed by atoms with Gasteiger partial charge in [-0.15, -0.1) is 0 Å². The predicted molar refractivity (Wildman–Crippen MR) is 93.7 cm³/mol. The van der Waals surface area contributed by atoms with E-state index in [4.69, 9.17) is 15.3 Å². The first-order valence-electron chi connectivity index (χ1n) is 8.44. The zero-order chi connectivity index (χ0) is 18.1. The lowest BCUT2D eigenvalue weighted by atomic mass is 9.97. The summed E-state index contributed by atoms with van der Waals surface area (Å²) in [5.41, 5.74) is 6.97. The highest BCUT2D eigenvalue weighted by molar-refractivity contribution is 5.81. The summed E-state index contributed by atoms with van der Waals surface area (Å²) in [5.74, 6) is -0.121. The third kappa shape index (κ3) is 6.10. The molecule has 1 fully saturated rings. The molecule has 1 heterocycles. The van der Waals surface area contributed by atoms with E-state index in [9.17, 15) is 9.59 Å². The highest BCUT2D eigenvalue weighted by Crippen LogP contribution is 2.18. The Morgan fingerprint density at radius 3 is 2.56 bits per heavy atom. The lowest BCUT2D eigenvalue weighted by molar-refractivity contribution is -0.149. The number of amidine groups is 1. The van der Waals surface area contributed by atoms with Crippen LogP contribution in [0.15, 0.2) is 35.5 Å². The van der Waals surface area contributed by atoms with Crippen molar-refractivity contribution in [2.24, 2.45) is 16.8 Å². The predicted octanol–water partition coefficient (Wildman–Crippen LogP) is 1.32. The summed E-state index contributed by atoms with van der Waals surface area (Å²) < 4.78 is 4.73. The molecule has 0 aliphatic carbocycles. The molecule has 0 spiro atoms. The van der Waals surface area contributed by atoms with Crippen molar-refractivity contribution >= 4 is 17.7 Å². The smallest absolute Gasteiger partial charge is 0.308 e. The van der Waals surface area contributed by atoms with Gasteiger partial charge in [-0.25, -0.2) is 0 Å². The van der Waals surface area contributed by atoms with Crippen LogP contribution in [-0.4, -0.2) is 49.4 Å². The fourth-order valence-electron chi connectivity index (χ4n) is 2.76. The average Bonchev–Trinajstić information content (AvgIpc) is 2.66. The van der Waals surface area contributed by atoms with Crippen LogP contribution in [0.4, 0.5) is 0 Å². The zero-order valence-corrected chi connectivity index (χ0v) is 14.5. The Labute approximate surface area is 147 Å². The van der Waals surface area contributed by atoms with Crippen molar-refractivity contribution in [1.82, 2.24) is 4.90 Å². The van der Waals surface area contributed by atoms with Gasteiger partial charge in [-0.3, -0.25) is 9.59 Å². The van der Waals surface area contributed by atoms with Crippen LogP contribution in [0.1, 0.15) is 24.8 Å². The van der Waals surface area contributed by atoms with Gasteiger partial charge in [0.1, 0.15) is 5.84 Å². The van der Waals surface area contributed by atoms with Crippen LogP contribution in [0.3, 0.4) is 0 Å². The third-order valence-electron chi connectivity index (χ3n) is 4.26. The van der Waals surface area contributed by atoms with E-state index in [1.54, 1.807) is 4.90 Å². The number of aryl methyl sites for hydroxylation is 1. The number of carbonyl (C=O) groups is 2. The maximum absolute atomic E-state index is 12.1. The molecule has 0 radical (unpaired) electrons. The molecular formula is C18H25N3O4. The van der Waals surface area contributed by atoms with Crippen molar-refractivity contribution in [2.75, 3.05) is 26.8 Å². The number of likely N-dealkylation sites (tertiary alicyclic amines) is 1. The molecule has 2 N–H and O–H groups in total. The Kier molecular flexibility index (Phi) is 7.25. The van der Waals surface area contributed by atoms with Crippen LogP contribution in [-0.2, 0) is 25.6 Å². The number of ether oxygens (including phenoxy) is 1. The van der Waals surface area contributed by atoms with Crippen molar-refractivity contribution < 1.29 is 19.2 Å². The Bertz CT molecular complexity index is 596. The van der Waals surface area contributed by atoms with Crippen LogP contribution >= 0.6 is 0 Å². The van der Waals surface area contributed by atoms with Crippen LogP contribution in [0, 0.1) is 5.92 Å². The van der Waals surface area contributed by atoms with Gasteiger partial charge in [-0.2, -0.15) is 0 Å². The van der Waals surface area contributed by atoms with Crippen molar-refractivity contribution in [3.8, 4) is 0 Å². The maximum atomic E-state index is 12.1. The molecule has 25 heavy (non-hydrogen) atoms. The van der Waals surface area contributed by atoms with Crippen molar-refractivity contribution in [1.29, 1.82) is 0 Å². The molecule has 1 aromatic rings. The number of hydrogen-bond donors (Lipinski definition) is 1. The normalized spacial score (nSPS) is 15.7. The van der Waals surface area contributed by atoms with Gasteiger partial charge in [0.15, 0.2) is 6.61 Å². The minimum absolute atomic E-state index is 0.123. The molecule has 0 unspecified atom stereocenters. The van der Waals surface area contributed by atoms with Crippen LogP contribution in [0.2, 0.25) is 0 Å². The second-order valence-corrected chi connectivity index (χ2v) is 6.02. The number of methoxy groups -OCH3 is 1. The molecule has 1 saturated heterocycles. The first-order valence-corrected chi connectivity index (χ1v) is 8.44. The number of esters is 1. The van der Waals surface area contributed by atoms with Gasteiger partial charge in [-0.05, 0) is 24.8 Å².